The largest absolute Gasteiger partial charge is 0.381 e. The standard InChI is InChI=1S/C20H22ClFN6O2/c21-15-8-13(3-4-16(15)22)28(29)19(23)14-5-6-25-20-18(14)26-17(27-20)10-24-9-12-2-1-7-30-11-12/h3-6,8,12,23-24,29H,1-2,7,9-11H2,(H,25,26,27). The molecular formula is C20H22ClFN6O2. The molecule has 2 aromatic heterocycles. The Morgan fingerprint density at radius 3 is 3.07 bits per heavy atom. The Bertz CT molecular complexity index is 1050. The number of hydrogen-bond acceptors (Lipinski definition) is 6. The van der Waals surface area contributed by atoms with Crippen LogP contribution in [0.4, 0.5) is 10.1 Å². The molecular weight excluding hydrogens is 411 g/mol. The summed E-state index contributed by atoms with van der Waals surface area (Å²) in [5.41, 5.74) is 1.56. The number of hydroxylamine groups is 1. The molecule has 0 bridgehead atoms. The van der Waals surface area contributed by atoms with E-state index in [9.17, 15) is 9.60 Å². The molecule has 1 aromatic carbocycles. The van der Waals surface area contributed by atoms with E-state index in [-0.39, 0.29) is 16.5 Å². The number of amidine groups is 1. The Labute approximate surface area is 177 Å². The normalized spacial score (nSPS) is 16.7. The van der Waals surface area contributed by atoms with Gasteiger partial charge in [-0.1, -0.05) is 11.6 Å². The maximum Gasteiger partial charge on any atom is 0.178 e. The van der Waals surface area contributed by atoms with Gasteiger partial charge in [0.2, 0.25) is 0 Å². The summed E-state index contributed by atoms with van der Waals surface area (Å²) in [5, 5.41) is 22.7. The van der Waals surface area contributed by atoms with Crippen LogP contribution in [0.25, 0.3) is 11.2 Å². The van der Waals surface area contributed by atoms with Crippen LogP contribution in [0.15, 0.2) is 30.5 Å². The maximum atomic E-state index is 13.4. The molecule has 30 heavy (non-hydrogen) atoms. The van der Waals surface area contributed by atoms with E-state index in [1.165, 1.54) is 18.3 Å². The summed E-state index contributed by atoms with van der Waals surface area (Å²) in [5.74, 6) is 0.365. The molecule has 4 N–H and O–H groups in total. The lowest BCUT2D eigenvalue weighted by Gasteiger charge is -2.21. The van der Waals surface area contributed by atoms with E-state index in [1.54, 1.807) is 6.07 Å². The Morgan fingerprint density at radius 1 is 1.43 bits per heavy atom. The molecule has 1 aliphatic rings. The van der Waals surface area contributed by atoms with Crippen LogP contribution in [0.1, 0.15) is 24.2 Å². The zero-order chi connectivity index (χ0) is 21.1. The van der Waals surface area contributed by atoms with Gasteiger partial charge >= 0.3 is 0 Å². The predicted octanol–water partition coefficient (Wildman–Crippen LogP) is 3.49. The van der Waals surface area contributed by atoms with Gasteiger partial charge in [0.1, 0.15) is 11.6 Å². The maximum absolute atomic E-state index is 13.4. The highest BCUT2D eigenvalue weighted by molar-refractivity contribution is 6.31. The van der Waals surface area contributed by atoms with Gasteiger partial charge in [0.05, 0.1) is 29.4 Å². The zero-order valence-corrected chi connectivity index (χ0v) is 16.9. The van der Waals surface area contributed by atoms with E-state index in [2.05, 4.69) is 20.3 Å². The molecule has 8 nitrogen and oxygen atoms in total. The van der Waals surface area contributed by atoms with Crippen LogP contribution in [-0.2, 0) is 11.3 Å². The molecule has 1 saturated heterocycles. The summed E-state index contributed by atoms with van der Waals surface area (Å²) in [6.07, 6.45) is 3.76. The number of aromatic amines is 1. The Morgan fingerprint density at radius 2 is 2.30 bits per heavy atom. The van der Waals surface area contributed by atoms with Gasteiger partial charge in [-0.25, -0.2) is 19.4 Å². The van der Waals surface area contributed by atoms with E-state index >= 15 is 0 Å². The molecule has 1 aliphatic heterocycles. The number of hydrogen-bond donors (Lipinski definition) is 4. The number of halogens is 2. The molecule has 1 atom stereocenters. The van der Waals surface area contributed by atoms with Crippen LogP contribution in [0.5, 0.6) is 0 Å². The van der Waals surface area contributed by atoms with E-state index in [0.717, 1.165) is 38.7 Å². The minimum absolute atomic E-state index is 0.141. The Kier molecular flexibility index (Phi) is 6.24. The van der Waals surface area contributed by atoms with Gasteiger partial charge in [0.15, 0.2) is 11.5 Å². The summed E-state index contributed by atoms with van der Waals surface area (Å²) in [7, 11) is 0. The first kappa shape index (κ1) is 20.7. The van der Waals surface area contributed by atoms with Gasteiger partial charge in [-0.15, -0.1) is 0 Å². The van der Waals surface area contributed by atoms with Crippen LogP contribution in [0.2, 0.25) is 5.02 Å². The second kappa shape index (κ2) is 9.05. The topological polar surface area (TPSA) is 110 Å². The van der Waals surface area contributed by atoms with Gasteiger partial charge in [-0.2, -0.15) is 0 Å². The molecule has 0 spiro atoms. The molecule has 0 radical (unpaired) electrons. The van der Waals surface area contributed by atoms with E-state index in [1.807, 2.05) is 0 Å². The quantitative estimate of drug-likeness (QED) is 0.269. The fourth-order valence-electron chi connectivity index (χ4n) is 3.46. The van der Waals surface area contributed by atoms with Gasteiger partial charge in [0.25, 0.3) is 0 Å². The second-order valence-electron chi connectivity index (χ2n) is 7.21. The van der Waals surface area contributed by atoms with E-state index in [4.69, 9.17) is 21.7 Å². The van der Waals surface area contributed by atoms with Crippen molar-refractivity contribution in [3.63, 3.8) is 0 Å². The van der Waals surface area contributed by atoms with Crippen molar-refractivity contribution in [2.24, 2.45) is 5.92 Å². The first-order valence-electron chi connectivity index (χ1n) is 9.68. The van der Waals surface area contributed by atoms with Crippen molar-refractivity contribution in [1.82, 2.24) is 20.3 Å². The smallest absolute Gasteiger partial charge is 0.178 e. The summed E-state index contributed by atoms with van der Waals surface area (Å²) < 4.78 is 18.9. The average molecular weight is 433 g/mol. The van der Waals surface area contributed by atoms with Crippen LogP contribution in [0, 0.1) is 17.1 Å². The predicted molar refractivity (Wildman–Crippen MR) is 112 cm³/mol. The lowest BCUT2D eigenvalue weighted by Crippen LogP contribution is -2.29. The molecule has 3 aromatic rings. The van der Waals surface area contributed by atoms with Crippen molar-refractivity contribution in [2.45, 2.75) is 19.4 Å². The molecule has 1 unspecified atom stereocenters. The van der Waals surface area contributed by atoms with Crippen molar-refractivity contribution in [3.05, 3.63) is 52.7 Å². The third-order valence-corrected chi connectivity index (χ3v) is 5.33. The molecule has 158 valence electrons. The Balaban J connectivity index is 1.49. The van der Waals surface area contributed by atoms with Crippen molar-refractivity contribution in [1.29, 1.82) is 5.41 Å². The number of imidazole rings is 1. The highest BCUT2D eigenvalue weighted by atomic mass is 35.5. The zero-order valence-electron chi connectivity index (χ0n) is 16.2. The van der Waals surface area contributed by atoms with Crippen molar-refractivity contribution >= 4 is 34.3 Å². The molecule has 3 heterocycles. The number of anilines is 1. The monoisotopic (exact) mass is 432 g/mol. The van der Waals surface area contributed by atoms with E-state index in [0.29, 0.717) is 40.1 Å². The van der Waals surface area contributed by atoms with Gasteiger partial charge in [0, 0.05) is 24.9 Å². The molecule has 0 amide bonds. The lowest BCUT2D eigenvalue weighted by atomic mass is 10.0. The van der Waals surface area contributed by atoms with Crippen LogP contribution in [0.3, 0.4) is 0 Å². The minimum Gasteiger partial charge on any atom is -0.381 e. The fourth-order valence-corrected chi connectivity index (χ4v) is 3.64. The molecule has 1 fully saturated rings. The van der Waals surface area contributed by atoms with Crippen molar-refractivity contribution in [2.75, 3.05) is 24.8 Å². The lowest BCUT2D eigenvalue weighted by molar-refractivity contribution is 0.0547. The van der Waals surface area contributed by atoms with Crippen molar-refractivity contribution in [3.8, 4) is 0 Å². The third kappa shape index (κ3) is 4.44. The number of nitrogens with zero attached hydrogens (tertiary/aromatic N) is 3. The molecule has 0 saturated carbocycles. The van der Waals surface area contributed by atoms with Crippen molar-refractivity contribution < 1.29 is 14.3 Å². The summed E-state index contributed by atoms with van der Waals surface area (Å²) >= 11 is 5.79. The third-order valence-electron chi connectivity index (χ3n) is 5.04. The first-order valence-corrected chi connectivity index (χ1v) is 10.1. The summed E-state index contributed by atoms with van der Waals surface area (Å²) in [6.45, 7) is 2.97. The van der Waals surface area contributed by atoms with Gasteiger partial charge in [-0.05, 0) is 43.0 Å². The number of ether oxygens (including phenoxy) is 1. The number of benzene rings is 1. The summed E-state index contributed by atoms with van der Waals surface area (Å²) in [4.78, 5) is 11.9. The number of pyridine rings is 1. The first-order chi connectivity index (χ1) is 14.5. The van der Waals surface area contributed by atoms with Crippen LogP contribution in [-0.4, -0.2) is 45.8 Å². The molecule has 0 aliphatic carbocycles. The number of aromatic nitrogens is 3. The number of nitrogens with one attached hydrogen (secondary N) is 3. The summed E-state index contributed by atoms with van der Waals surface area (Å²) in [6, 6.07) is 5.33. The molecule has 10 heteroatoms. The van der Waals surface area contributed by atoms with Gasteiger partial charge < -0.3 is 15.0 Å². The van der Waals surface area contributed by atoms with Gasteiger partial charge in [-0.3, -0.25) is 10.6 Å². The second-order valence-corrected chi connectivity index (χ2v) is 7.62. The number of rotatable bonds is 6. The van der Waals surface area contributed by atoms with Crippen LogP contribution < -0.4 is 10.4 Å². The van der Waals surface area contributed by atoms with E-state index < -0.39 is 5.82 Å². The minimum atomic E-state index is -0.600. The highest BCUT2D eigenvalue weighted by Gasteiger charge is 2.19. The highest BCUT2D eigenvalue weighted by Crippen LogP contribution is 2.24. The molecule has 4 rings (SSSR count). The fraction of sp³-hybridized carbons (Fsp3) is 0.350. The number of H-pyrrole nitrogens is 1. The van der Waals surface area contributed by atoms with Crippen LogP contribution >= 0.6 is 11.6 Å². The SMILES string of the molecule is N=C(c1ccnc2nc(CNCC3CCCOC3)[nH]c12)N(O)c1ccc(F)c(Cl)c1. The average Bonchev–Trinajstić information content (AvgIpc) is 3.18. The Hall–Kier alpha value is -2.59. The number of fused-ring (bicyclic) bond motifs is 1.